The van der Waals surface area contributed by atoms with Gasteiger partial charge < -0.3 is 10.1 Å². The molecular weight excluding hydrogens is 248 g/mol. The van der Waals surface area contributed by atoms with Crippen LogP contribution in [0, 0.1) is 0 Å². The molecule has 3 fully saturated rings. The van der Waals surface area contributed by atoms with Crippen LogP contribution in [0.4, 0.5) is 0 Å². The Hall–Kier alpha value is -0.120. The third-order valence-corrected chi connectivity index (χ3v) is 5.69. The molecule has 3 aliphatic rings. The molecule has 3 nitrogen and oxygen atoms in total. The maximum absolute atomic E-state index is 6.29. The van der Waals surface area contributed by atoms with E-state index in [4.69, 9.17) is 4.74 Å². The molecule has 2 atom stereocenters. The highest BCUT2D eigenvalue weighted by atomic mass is 16.5. The van der Waals surface area contributed by atoms with E-state index in [1.54, 1.807) is 0 Å². The van der Waals surface area contributed by atoms with E-state index in [0.29, 0.717) is 0 Å². The predicted octanol–water partition coefficient (Wildman–Crippen LogP) is 2.94. The SMILES string of the molecule is CCCN(C1CCNC1)C1CCOC2(CCCCC2)C1. The van der Waals surface area contributed by atoms with Crippen molar-refractivity contribution >= 4 is 0 Å². The molecule has 2 aliphatic heterocycles. The number of ether oxygens (including phenoxy) is 1. The first-order chi connectivity index (χ1) is 9.83. The van der Waals surface area contributed by atoms with Crippen molar-refractivity contribution in [2.75, 3.05) is 26.2 Å². The zero-order valence-corrected chi connectivity index (χ0v) is 13.2. The van der Waals surface area contributed by atoms with Crippen molar-refractivity contribution in [1.82, 2.24) is 10.2 Å². The second-order valence-corrected chi connectivity index (χ2v) is 7.12. The monoisotopic (exact) mass is 280 g/mol. The Labute approximate surface area is 124 Å². The number of rotatable bonds is 4. The fourth-order valence-electron chi connectivity index (χ4n) is 4.67. The third kappa shape index (κ3) is 3.20. The summed E-state index contributed by atoms with van der Waals surface area (Å²) in [6.07, 6.45) is 12.0. The predicted molar refractivity (Wildman–Crippen MR) is 83.1 cm³/mol. The van der Waals surface area contributed by atoms with E-state index in [9.17, 15) is 0 Å². The summed E-state index contributed by atoms with van der Waals surface area (Å²) in [5, 5.41) is 3.55. The Balaban J connectivity index is 1.66. The highest BCUT2D eigenvalue weighted by molar-refractivity contribution is 4.95. The van der Waals surface area contributed by atoms with Gasteiger partial charge in [0.05, 0.1) is 5.60 Å². The van der Waals surface area contributed by atoms with Gasteiger partial charge in [-0.25, -0.2) is 0 Å². The molecule has 3 heteroatoms. The van der Waals surface area contributed by atoms with Gasteiger partial charge in [0.25, 0.3) is 0 Å². The minimum Gasteiger partial charge on any atom is -0.375 e. The zero-order valence-electron chi connectivity index (χ0n) is 13.2. The fourth-order valence-corrected chi connectivity index (χ4v) is 4.67. The van der Waals surface area contributed by atoms with Gasteiger partial charge in [0.2, 0.25) is 0 Å². The first-order valence-electron chi connectivity index (χ1n) is 8.93. The first-order valence-corrected chi connectivity index (χ1v) is 8.93. The molecule has 0 aromatic heterocycles. The van der Waals surface area contributed by atoms with Gasteiger partial charge in [0, 0.05) is 25.2 Å². The molecule has 0 radical (unpaired) electrons. The van der Waals surface area contributed by atoms with Crippen molar-refractivity contribution in [3.8, 4) is 0 Å². The van der Waals surface area contributed by atoms with Crippen molar-refractivity contribution in [3.05, 3.63) is 0 Å². The van der Waals surface area contributed by atoms with Gasteiger partial charge in [0.15, 0.2) is 0 Å². The molecule has 0 aromatic carbocycles. The van der Waals surface area contributed by atoms with E-state index in [1.165, 1.54) is 77.4 Å². The molecule has 2 unspecified atom stereocenters. The minimum absolute atomic E-state index is 0.249. The molecule has 20 heavy (non-hydrogen) atoms. The average molecular weight is 280 g/mol. The van der Waals surface area contributed by atoms with Crippen LogP contribution in [0.3, 0.4) is 0 Å². The van der Waals surface area contributed by atoms with Gasteiger partial charge in [-0.3, -0.25) is 4.90 Å². The smallest absolute Gasteiger partial charge is 0.0697 e. The molecule has 0 amide bonds. The summed E-state index contributed by atoms with van der Waals surface area (Å²) in [4.78, 5) is 2.83. The van der Waals surface area contributed by atoms with Crippen molar-refractivity contribution in [2.24, 2.45) is 0 Å². The van der Waals surface area contributed by atoms with E-state index >= 15 is 0 Å². The Kier molecular flexibility index (Phi) is 5.00. The Morgan fingerprint density at radius 3 is 2.70 bits per heavy atom. The Bertz CT molecular complexity index is 290. The maximum Gasteiger partial charge on any atom is 0.0697 e. The van der Waals surface area contributed by atoms with E-state index in [2.05, 4.69) is 17.1 Å². The second-order valence-electron chi connectivity index (χ2n) is 7.12. The van der Waals surface area contributed by atoms with Crippen molar-refractivity contribution in [2.45, 2.75) is 82.4 Å². The zero-order chi connectivity index (χ0) is 13.8. The first kappa shape index (κ1) is 14.8. The molecule has 0 aromatic rings. The lowest BCUT2D eigenvalue weighted by Gasteiger charge is -2.48. The average Bonchev–Trinajstić information content (AvgIpc) is 2.99. The third-order valence-electron chi connectivity index (χ3n) is 5.69. The highest BCUT2D eigenvalue weighted by Crippen LogP contribution is 2.40. The lowest BCUT2D eigenvalue weighted by molar-refractivity contribution is -0.127. The number of hydrogen-bond acceptors (Lipinski definition) is 3. The molecule has 2 heterocycles. The summed E-state index contributed by atoms with van der Waals surface area (Å²) in [6.45, 7) is 6.99. The summed E-state index contributed by atoms with van der Waals surface area (Å²) >= 11 is 0. The van der Waals surface area contributed by atoms with Crippen molar-refractivity contribution < 1.29 is 4.74 Å². The van der Waals surface area contributed by atoms with Gasteiger partial charge in [-0.05, 0) is 51.6 Å². The van der Waals surface area contributed by atoms with E-state index in [0.717, 1.165) is 18.7 Å². The van der Waals surface area contributed by atoms with Gasteiger partial charge in [-0.15, -0.1) is 0 Å². The number of nitrogens with one attached hydrogen (secondary N) is 1. The summed E-state index contributed by atoms with van der Waals surface area (Å²) in [7, 11) is 0. The van der Waals surface area contributed by atoms with Crippen LogP contribution in [-0.2, 0) is 4.74 Å². The lowest BCUT2D eigenvalue weighted by atomic mass is 9.77. The quantitative estimate of drug-likeness (QED) is 0.857. The second kappa shape index (κ2) is 6.76. The van der Waals surface area contributed by atoms with E-state index in [-0.39, 0.29) is 5.60 Å². The van der Waals surface area contributed by atoms with Crippen LogP contribution >= 0.6 is 0 Å². The molecule has 1 saturated carbocycles. The van der Waals surface area contributed by atoms with Gasteiger partial charge in [-0.2, -0.15) is 0 Å². The van der Waals surface area contributed by atoms with Crippen molar-refractivity contribution in [3.63, 3.8) is 0 Å². The van der Waals surface area contributed by atoms with E-state index in [1.807, 2.05) is 0 Å². The van der Waals surface area contributed by atoms with Crippen LogP contribution in [0.2, 0.25) is 0 Å². The molecule has 0 bridgehead atoms. The summed E-state index contributed by atoms with van der Waals surface area (Å²) < 4.78 is 6.29. The standard InChI is InChI=1S/C17H32N2O/c1-2-11-19(16-6-10-18-14-16)15-7-12-20-17(13-15)8-4-3-5-9-17/h15-16,18H,2-14H2,1H3. The summed E-state index contributed by atoms with van der Waals surface area (Å²) in [5.74, 6) is 0. The van der Waals surface area contributed by atoms with Crippen LogP contribution in [0.25, 0.3) is 0 Å². The normalized spacial score (nSPS) is 33.9. The lowest BCUT2D eigenvalue weighted by Crippen LogP contribution is -2.53. The largest absolute Gasteiger partial charge is 0.375 e. The van der Waals surface area contributed by atoms with Gasteiger partial charge >= 0.3 is 0 Å². The van der Waals surface area contributed by atoms with Crippen LogP contribution < -0.4 is 5.32 Å². The van der Waals surface area contributed by atoms with Gasteiger partial charge in [0.1, 0.15) is 0 Å². The van der Waals surface area contributed by atoms with Crippen LogP contribution in [-0.4, -0.2) is 48.8 Å². The van der Waals surface area contributed by atoms with Gasteiger partial charge in [-0.1, -0.05) is 26.2 Å². The molecule has 3 rings (SSSR count). The minimum atomic E-state index is 0.249. The highest BCUT2D eigenvalue weighted by Gasteiger charge is 2.41. The molecule has 1 spiro atoms. The maximum atomic E-state index is 6.29. The van der Waals surface area contributed by atoms with Crippen LogP contribution in [0.5, 0.6) is 0 Å². The fraction of sp³-hybridized carbons (Fsp3) is 1.00. The van der Waals surface area contributed by atoms with E-state index < -0.39 is 0 Å². The number of hydrogen-bond donors (Lipinski definition) is 1. The number of nitrogens with zero attached hydrogens (tertiary/aromatic N) is 1. The molecule has 2 saturated heterocycles. The molecule has 1 N–H and O–H groups in total. The Morgan fingerprint density at radius 1 is 1.15 bits per heavy atom. The molecule has 1 aliphatic carbocycles. The Morgan fingerprint density at radius 2 is 2.00 bits per heavy atom. The van der Waals surface area contributed by atoms with Crippen LogP contribution in [0.1, 0.15) is 64.7 Å². The molecule has 116 valence electrons. The molecular formula is C17H32N2O. The summed E-state index contributed by atoms with van der Waals surface area (Å²) in [6, 6.07) is 1.55. The topological polar surface area (TPSA) is 24.5 Å². The van der Waals surface area contributed by atoms with Crippen LogP contribution in [0.15, 0.2) is 0 Å². The summed E-state index contributed by atoms with van der Waals surface area (Å²) in [5.41, 5.74) is 0.249. The van der Waals surface area contributed by atoms with Crippen molar-refractivity contribution in [1.29, 1.82) is 0 Å².